The summed E-state index contributed by atoms with van der Waals surface area (Å²) in [7, 11) is 0. The van der Waals surface area contributed by atoms with Crippen molar-refractivity contribution in [3.8, 4) is 0 Å². The van der Waals surface area contributed by atoms with Gasteiger partial charge in [0, 0.05) is 6.42 Å². The SMILES string of the molecule is CCCCCCCCCC/C=C\CCCCCCCCCCCC(=O)NC(COC1OC(CO)C(OC2OC(CO)C(O)C(O)C2O)C(O)C1O)C(O)/C=C/CC/C=C/CCCCCCCCCCCCCCCCCCCC. The molecule has 0 aromatic carbocycles. The van der Waals surface area contributed by atoms with Crippen molar-refractivity contribution in [3.05, 3.63) is 36.5 Å². The molecule has 2 heterocycles. The highest BCUT2D eigenvalue weighted by atomic mass is 16.7. The summed E-state index contributed by atoms with van der Waals surface area (Å²) in [5.74, 6) is -0.248. The van der Waals surface area contributed by atoms with Crippen LogP contribution in [0.4, 0.5) is 0 Å². The van der Waals surface area contributed by atoms with E-state index >= 15 is 0 Å². The van der Waals surface area contributed by atoms with Crippen LogP contribution in [0.1, 0.15) is 277 Å². The number of hydrogen-bond donors (Lipinski definition) is 9. The number of unbranched alkanes of at least 4 members (excludes halogenated alkanes) is 36. The standard InChI is InChI=1S/C65H121NO13/c1-3-5-7-9-11-13-15-17-19-21-23-25-26-27-29-30-32-34-36-38-40-42-44-46-48-54(69)53(52-76-64-62(75)60(73)63(56(51-68)78-64)79-65-61(74)59(72)58(71)55(50-67)77-65)66-57(70)49-47-45-43-41-39-37-35-33-31-28-24-22-20-18-16-14-12-10-8-6-4-2/h22,24,38,40,46,48,53-56,58-65,67-69,71-75H,3-21,23,25-37,39,41-45,47,49-52H2,1-2H3,(H,66,70)/b24-22-,40-38+,48-46+. The summed E-state index contributed by atoms with van der Waals surface area (Å²) < 4.78 is 22.8. The van der Waals surface area contributed by atoms with Crippen LogP contribution in [0.3, 0.4) is 0 Å². The molecule has 79 heavy (non-hydrogen) atoms. The minimum Gasteiger partial charge on any atom is -0.394 e. The van der Waals surface area contributed by atoms with Crippen molar-refractivity contribution in [1.82, 2.24) is 5.32 Å². The highest BCUT2D eigenvalue weighted by Crippen LogP contribution is 2.30. The van der Waals surface area contributed by atoms with Crippen molar-refractivity contribution in [2.24, 2.45) is 0 Å². The Morgan fingerprint density at radius 2 is 0.810 bits per heavy atom. The van der Waals surface area contributed by atoms with E-state index in [1.807, 2.05) is 6.08 Å². The largest absolute Gasteiger partial charge is 0.394 e. The number of carbonyl (C=O) groups excluding carboxylic acids is 1. The summed E-state index contributed by atoms with van der Waals surface area (Å²) in [5, 5.41) is 87.3. The topological polar surface area (TPSA) is 228 Å². The van der Waals surface area contributed by atoms with E-state index in [4.69, 9.17) is 18.9 Å². The van der Waals surface area contributed by atoms with Crippen LogP contribution in [0.2, 0.25) is 0 Å². The summed E-state index contributed by atoms with van der Waals surface area (Å²) >= 11 is 0. The summed E-state index contributed by atoms with van der Waals surface area (Å²) in [6, 6.07) is -0.933. The number of aliphatic hydroxyl groups is 8. The van der Waals surface area contributed by atoms with Crippen molar-refractivity contribution in [3.63, 3.8) is 0 Å². The molecule has 14 heteroatoms. The molecule has 12 atom stereocenters. The third-order valence-electron chi connectivity index (χ3n) is 16.0. The Morgan fingerprint density at radius 1 is 0.443 bits per heavy atom. The van der Waals surface area contributed by atoms with Gasteiger partial charge >= 0.3 is 0 Å². The molecule has 0 aromatic heterocycles. The van der Waals surface area contributed by atoms with Gasteiger partial charge in [-0.1, -0.05) is 249 Å². The van der Waals surface area contributed by atoms with Crippen molar-refractivity contribution >= 4 is 5.91 Å². The molecule has 0 aliphatic carbocycles. The molecule has 0 aromatic rings. The second-order valence-corrected chi connectivity index (χ2v) is 23.2. The number of hydrogen-bond acceptors (Lipinski definition) is 13. The lowest BCUT2D eigenvalue weighted by atomic mass is 9.97. The van der Waals surface area contributed by atoms with Gasteiger partial charge in [-0.25, -0.2) is 0 Å². The first-order valence-electron chi connectivity index (χ1n) is 32.7. The lowest BCUT2D eigenvalue weighted by Crippen LogP contribution is -2.65. The smallest absolute Gasteiger partial charge is 0.220 e. The molecular formula is C65H121NO13. The molecule has 464 valence electrons. The minimum absolute atomic E-state index is 0.248. The molecule has 1 amide bonds. The molecule has 2 fully saturated rings. The molecule has 12 unspecified atom stereocenters. The lowest BCUT2D eigenvalue weighted by Gasteiger charge is -2.46. The molecule has 2 saturated heterocycles. The molecule has 0 saturated carbocycles. The fourth-order valence-electron chi connectivity index (χ4n) is 10.8. The number of ether oxygens (including phenoxy) is 4. The van der Waals surface area contributed by atoms with Gasteiger partial charge in [0.25, 0.3) is 0 Å². The Bertz CT molecular complexity index is 1460. The van der Waals surface area contributed by atoms with Gasteiger partial charge in [-0.15, -0.1) is 0 Å². The van der Waals surface area contributed by atoms with Gasteiger partial charge in [0.1, 0.15) is 48.8 Å². The quantitative estimate of drug-likeness (QED) is 0.0204. The van der Waals surface area contributed by atoms with E-state index in [1.54, 1.807) is 6.08 Å². The fourth-order valence-corrected chi connectivity index (χ4v) is 10.8. The Labute approximate surface area is 481 Å². The number of carbonyl (C=O) groups is 1. The highest BCUT2D eigenvalue weighted by Gasteiger charge is 2.51. The zero-order valence-corrected chi connectivity index (χ0v) is 50.1. The summed E-state index contributed by atoms with van der Waals surface area (Å²) in [4.78, 5) is 13.3. The summed E-state index contributed by atoms with van der Waals surface area (Å²) in [6.45, 7) is 2.81. The highest BCUT2D eigenvalue weighted by molar-refractivity contribution is 5.76. The van der Waals surface area contributed by atoms with Gasteiger partial charge in [0.05, 0.1) is 32.0 Å². The maximum Gasteiger partial charge on any atom is 0.220 e. The van der Waals surface area contributed by atoms with Crippen molar-refractivity contribution in [2.45, 2.75) is 351 Å². The van der Waals surface area contributed by atoms with Crippen LogP contribution >= 0.6 is 0 Å². The molecule has 0 bridgehead atoms. The van der Waals surface area contributed by atoms with Crippen LogP contribution in [-0.2, 0) is 23.7 Å². The number of amides is 1. The fraction of sp³-hybridized carbons (Fsp3) is 0.892. The lowest BCUT2D eigenvalue weighted by molar-refractivity contribution is -0.359. The average molecular weight is 1120 g/mol. The Morgan fingerprint density at radius 3 is 1.24 bits per heavy atom. The van der Waals surface area contributed by atoms with E-state index in [9.17, 15) is 45.6 Å². The van der Waals surface area contributed by atoms with E-state index in [-0.39, 0.29) is 18.9 Å². The predicted molar refractivity (Wildman–Crippen MR) is 318 cm³/mol. The Kier molecular flexibility index (Phi) is 47.0. The van der Waals surface area contributed by atoms with Crippen LogP contribution in [-0.4, -0.2) is 140 Å². The molecule has 2 aliphatic rings. The number of rotatable bonds is 53. The maximum absolute atomic E-state index is 13.3. The monoisotopic (exact) mass is 1120 g/mol. The van der Waals surface area contributed by atoms with E-state index in [2.05, 4.69) is 43.5 Å². The van der Waals surface area contributed by atoms with Crippen molar-refractivity contribution < 1.29 is 64.6 Å². The van der Waals surface area contributed by atoms with Gasteiger partial charge in [-0.3, -0.25) is 4.79 Å². The van der Waals surface area contributed by atoms with Crippen LogP contribution in [0, 0.1) is 0 Å². The Balaban J connectivity index is 1.74. The summed E-state index contributed by atoms with van der Waals surface area (Å²) in [5.41, 5.74) is 0. The second kappa shape index (κ2) is 50.7. The molecule has 2 aliphatic heterocycles. The van der Waals surface area contributed by atoms with E-state index in [1.165, 1.54) is 212 Å². The van der Waals surface area contributed by atoms with Gasteiger partial charge in [0.2, 0.25) is 5.91 Å². The Hall–Kier alpha value is -1.79. The first-order chi connectivity index (χ1) is 38.6. The first kappa shape index (κ1) is 73.3. The van der Waals surface area contributed by atoms with Gasteiger partial charge in [-0.2, -0.15) is 0 Å². The molecule has 0 spiro atoms. The minimum atomic E-state index is -1.79. The molecule has 9 N–H and O–H groups in total. The molecular weight excluding hydrogens is 1000 g/mol. The zero-order chi connectivity index (χ0) is 57.4. The number of allylic oxidation sites excluding steroid dienone is 5. The molecule has 14 nitrogen and oxygen atoms in total. The van der Waals surface area contributed by atoms with E-state index in [0.29, 0.717) is 12.8 Å². The van der Waals surface area contributed by atoms with Crippen LogP contribution in [0.25, 0.3) is 0 Å². The van der Waals surface area contributed by atoms with Gasteiger partial charge in [0.15, 0.2) is 12.6 Å². The third kappa shape index (κ3) is 35.8. The van der Waals surface area contributed by atoms with Crippen LogP contribution in [0.5, 0.6) is 0 Å². The molecule has 0 radical (unpaired) electrons. The summed E-state index contributed by atoms with van der Waals surface area (Å²) in [6.07, 6.45) is 46.2. The normalized spacial score (nSPS) is 24.6. The maximum atomic E-state index is 13.3. The average Bonchev–Trinajstić information content (AvgIpc) is 3.47. The van der Waals surface area contributed by atoms with Crippen molar-refractivity contribution in [2.75, 3.05) is 19.8 Å². The first-order valence-corrected chi connectivity index (χ1v) is 32.7. The van der Waals surface area contributed by atoms with Crippen LogP contribution in [0.15, 0.2) is 36.5 Å². The van der Waals surface area contributed by atoms with Crippen molar-refractivity contribution in [1.29, 1.82) is 0 Å². The number of nitrogens with one attached hydrogen (secondary N) is 1. The van der Waals surface area contributed by atoms with E-state index < -0.39 is 86.8 Å². The predicted octanol–water partition coefficient (Wildman–Crippen LogP) is 12.2. The zero-order valence-electron chi connectivity index (χ0n) is 50.1. The number of aliphatic hydroxyl groups excluding tert-OH is 8. The third-order valence-corrected chi connectivity index (χ3v) is 16.0. The van der Waals surface area contributed by atoms with Gasteiger partial charge < -0.3 is 65.1 Å². The van der Waals surface area contributed by atoms with Crippen LogP contribution < -0.4 is 5.32 Å². The van der Waals surface area contributed by atoms with E-state index in [0.717, 1.165) is 32.1 Å². The molecule has 2 rings (SSSR count). The van der Waals surface area contributed by atoms with Gasteiger partial charge in [-0.05, 0) is 57.8 Å². The second-order valence-electron chi connectivity index (χ2n) is 23.2.